The fraction of sp³-hybridized carbons (Fsp3) is 0.556. The number of hydrogen-bond donors (Lipinski definition) is 3. The molecule has 4 N–H and O–H groups in total. The molecule has 1 aliphatic heterocycles. The van der Waals surface area contributed by atoms with Crippen molar-refractivity contribution in [2.75, 3.05) is 18.0 Å². The van der Waals surface area contributed by atoms with Gasteiger partial charge in [-0.1, -0.05) is 0 Å². The van der Waals surface area contributed by atoms with Gasteiger partial charge in [-0.2, -0.15) is 16.9 Å². The first-order valence-corrected chi connectivity index (χ1v) is 6.01. The van der Waals surface area contributed by atoms with Crippen molar-refractivity contribution < 1.29 is 4.79 Å². The Morgan fingerprint density at radius 2 is 2.67 bits per heavy atom. The molecule has 1 amide bonds. The molecule has 82 valence electrons. The van der Waals surface area contributed by atoms with Gasteiger partial charge in [0.25, 0.3) is 5.91 Å². The van der Waals surface area contributed by atoms with Gasteiger partial charge >= 0.3 is 0 Å². The highest BCUT2D eigenvalue weighted by atomic mass is 32.2. The van der Waals surface area contributed by atoms with Gasteiger partial charge in [0.2, 0.25) is 0 Å². The lowest BCUT2D eigenvalue weighted by Crippen LogP contribution is -2.29. The predicted molar refractivity (Wildman–Crippen MR) is 60.8 cm³/mol. The molecule has 2 heterocycles. The van der Waals surface area contributed by atoms with Crippen molar-refractivity contribution in [2.24, 2.45) is 0 Å². The van der Waals surface area contributed by atoms with Crippen molar-refractivity contribution in [1.29, 1.82) is 0 Å². The molecule has 15 heavy (non-hydrogen) atoms. The fourth-order valence-corrected chi connectivity index (χ4v) is 2.76. The second-order valence-electron chi connectivity index (χ2n) is 3.55. The smallest absolute Gasteiger partial charge is 0.269 e. The fourth-order valence-electron chi connectivity index (χ4n) is 1.56. The third-order valence-corrected chi connectivity index (χ3v) is 3.75. The first-order chi connectivity index (χ1) is 7.25. The average Bonchev–Trinajstić information content (AvgIpc) is 2.84. The Morgan fingerprint density at radius 1 is 1.80 bits per heavy atom. The van der Waals surface area contributed by atoms with Crippen molar-refractivity contribution in [3.8, 4) is 0 Å². The van der Waals surface area contributed by atoms with Crippen LogP contribution >= 0.6 is 11.8 Å². The number of nitrogens with one attached hydrogen (secondary N) is 2. The number of carbonyl (C=O) groups excluding carboxylic acids is 1. The summed E-state index contributed by atoms with van der Waals surface area (Å²) in [6.45, 7) is 0.725. The molecule has 1 aromatic rings. The van der Waals surface area contributed by atoms with Gasteiger partial charge in [-0.05, 0) is 18.6 Å². The summed E-state index contributed by atoms with van der Waals surface area (Å²) in [4.78, 5) is 11.6. The SMILES string of the molecule is Nc1cc(C(=O)NCC2CCCS2)[nH]n1. The van der Waals surface area contributed by atoms with E-state index in [1.165, 1.54) is 24.7 Å². The third-order valence-electron chi connectivity index (χ3n) is 2.36. The summed E-state index contributed by atoms with van der Waals surface area (Å²) in [5.74, 6) is 1.42. The van der Waals surface area contributed by atoms with E-state index in [-0.39, 0.29) is 5.91 Å². The van der Waals surface area contributed by atoms with Crippen molar-refractivity contribution in [3.05, 3.63) is 11.8 Å². The number of anilines is 1. The lowest BCUT2D eigenvalue weighted by molar-refractivity contribution is 0.0948. The van der Waals surface area contributed by atoms with Crippen molar-refractivity contribution in [2.45, 2.75) is 18.1 Å². The van der Waals surface area contributed by atoms with E-state index in [1.54, 1.807) is 0 Å². The summed E-state index contributed by atoms with van der Waals surface area (Å²) in [6.07, 6.45) is 2.44. The first kappa shape index (κ1) is 10.4. The van der Waals surface area contributed by atoms with Crippen molar-refractivity contribution in [1.82, 2.24) is 15.5 Å². The first-order valence-electron chi connectivity index (χ1n) is 4.96. The molecular weight excluding hydrogens is 212 g/mol. The third kappa shape index (κ3) is 2.65. The van der Waals surface area contributed by atoms with Crippen LogP contribution in [0.3, 0.4) is 0 Å². The topological polar surface area (TPSA) is 83.8 Å². The standard InChI is InChI=1S/C9H14N4OS/c10-8-4-7(12-13-8)9(14)11-5-6-2-1-3-15-6/h4,6H,1-3,5H2,(H,11,14)(H3,10,12,13). The van der Waals surface area contributed by atoms with Crippen LogP contribution in [0.5, 0.6) is 0 Å². The monoisotopic (exact) mass is 226 g/mol. The Labute approximate surface area is 92.2 Å². The minimum absolute atomic E-state index is 0.133. The van der Waals surface area contributed by atoms with E-state index in [9.17, 15) is 4.79 Å². The van der Waals surface area contributed by atoms with Crippen LogP contribution in [0.4, 0.5) is 5.82 Å². The molecule has 1 unspecified atom stereocenters. The average molecular weight is 226 g/mol. The lowest BCUT2D eigenvalue weighted by Gasteiger charge is -2.08. The minimum Gasteiger partial charge on any atom is -0.382 e. The Hall–Kier alpha value is -1.17. The van der Waals surface area contributed by atoms with E-state index in [1.807, 2.05) is 11.8 Å². The predicted octanol–water partition coefficient (Wildman–Crippen LogP) is 0.617. The van der Waals surface area contributed by atoms with Crippen LogP contribution in [0.1, 0.15) is 23.3 Å². The summed E-state index contributed by atoms with van der Waals surface area (Å²) in [7, 11) is 0. The number of nitrogen functional groups attached to an aromatic ring is 1. The van der Waals surface area contributed by atoms with Gasteiger partial charge in [-0.3, -0.25) is 9.89 Å². The molecule has 0 bridgehead atoms. The van der Waals surface area contributed by atoms with E-state index >= 15 is 0 Å². The minimum atomic E-state index is -0.133. The van der Waals surface area contributed by atoms with E-state index in [0.29, 0.717) is 16.8 Å². The molecule has 0 spiro atoms. The van der Waals surface area contributed by atoms with Crippen LogP contribution < -0.4 is 11.1 Å². The van der Waals surface area contributed by atoms with Crippen LogP contribution in [0.25, 0.3) is 0 Å². The zero-order chi connectivity index (χ0) is 10.7. The number of thioether (sulfide) groups is 1. The van der Waals surface area contributed by atoms with Crippen LogP contribution in [0.15, 0.2) is 6.07 Å². The number of carbonyl (C=O) groups is 1. The van der Waals surface area contributed by atoms with E-state index in [0.717, 1.165) is 6.54 Å². The van der Waals surface area contributed by atoms with E-state index in [2.05, 4.69) is 15.5 Å². The quantitative estimate of drug-likeness (QED) is 0.705. The van der Waals surface area contributed by atoms with Crippen LogP contribution in [-0.4, -0.2) is 33.7 Å². The van der Waals surface area contributed by atoms with Gasteiger partial charge in [0.05, 0.1) is 0 Å². The number of nitrogens with zero attached hydrogens (tertiary/aromatic N) is 1. The molecule has 0 aromatic carbocycles. The van der Waals surface area contributed by atoms with E-state index < -0.39 is 0 Å². The zero-order valence-electron chi connectivity index (χ0n) is 8.32. The Bertz CT molecular complexity index is 346. The number of hydrogen-bond acceptors (Lipinski definition) is 4. The van der Waals surface area contributed by atoms with Crippen molar-refractivity contribution in [3.63, 3.8) is 0 Å². The molecule has 1 aliphatic rings. The normalized spacial score (nSPS) is 20.4. The Kier molecular flexibility index (Phi) is 3.15. The van der Waals surface area contributed by atoms with Crippen LogP contribution in [0.2, 0.25) is 0 Å². The summed E-state index contributed by atoms with van der Waals surface area (Å²) >= 11 is 1.92. The summed E-state index contributed by atoms with van der Waals surface area (Å²) < 4.78 is 0. The molecule has 0 saturated carbocycles. The maximum absolute atomic E-state index is 11.6. The molecule has 1 saturated heterocycles. The molecule has 6 heteroatoms. The summed E-state index contributed by atoms with van der Waals surface area (Å²) in [5.41, 5.74) is 5.83. The highest BCUT2D eigenvalue weighted by molar-refractivity contribution is 8.00. The molecule has 1 aromatic heterocycles. The molecule has 5 nitrogen and oxygen atoms in total. The number of rotatable bonds is 3. The number of aromatic amines is 1. The van der Waals surface area contributed by atoms with Gasteiger partial charge in [-0.15, -0.1) is 0 Å². The van der Waals surface area contributed by atoms with Gasteiger partial charge in [0.1, 0.15) is 11.5 Å². The molecule has 0 radical (unpaired) electrons. The summed E-state index contributed by atoms with van der Waals surface area (Å²) in [6, 6.07) is 1.54. The molecule has 1 atom stereocenters. The van der Waals surface area contributed by atoms with Gasteiger partial charge in [-0.25, -0.2) is 0 Å². The number of H-pyrrole nitrogens is 1. The van der Waals surface area contributed by atoms with Gasteiger partial charge < -0.3 is 11.1 Å². The highest BCUT2D eigenvalue weighted by Crippen LogP contribution is 2.25. The molecule has 2 rings (SSSR count). The van der Waals surface area contributed by atoms with Crippen LogP contribution in [0, 0.1) is 0 Å². The molecular formula is C9H14N4OS. The largest absolute Gasteiger partial charge is 0.382 e. The van der Waals surface area contributed by atoms with Crippen molar-refractivity contribution >= 4 is 23.5 Å². The molecule has 0 aliphatic carbocycles. The second-order valence-corrected chi connectivity index (χ2v) is 4.96. The zero-order valence-corrected chi connectivity index (χ0v) is 9.14. The van der Waals surface area contributed by atoms with Crippen LogP contribution in [-0.2, 0) is 0 Å². The number of aromatic nitrogens is 2. The second kappa shape index (κ2) is 4.57. The van der Waals surface area contributed by atoms with Gasteiger partial charge in [0, 0.05) is 17.9 Å². The number of amides is 1. The summed E-state index contributed by atoms with van der Waals surface area (Å²) in [5, 5.41) is 9.72. The van der Waals surface area contributed by atoms with E-state index in [4.69, 9.17) is 5.73 Å². The highest BCUT2D eigenvalue weighted by Gasteiger charge is 2.17. The van der Waals surface area contributed by atoms with Gasteiger partial charge in [0.15, 0.2) is 0 Å². The lowest BCUT2D eigenvalue weighted by atomic mass is 10.2. The molecule has 1 fully saturated rings. The Morgan fingerprint density at radius 3 is 3.27 bits per heavy atom. The Balaban J connectivity index is 1.81. The maximum Gasteiger partial charge on any atom is 0.269 e. The number of nitrogens with two attached hydrogens (primary N) is 1. The maximum atomic E-state index is 11.6.